The van der Waals surface area contributed by atoms with Crippen LogP contribution in [0.3, 0.4) is 0 Å². The number of carbonyl (C=O) groups is 2. The molecule has 166 valence electrons. The highest BCUT2D eigenvalue weighted by atomic mass is 16.5. The van der Waals surface area contributed by atoms with Crippen molar-refractivity contribution >= 4 is 11.9 Å². The molecule has 0 aliphatic heterocycles. The molecule has 0 saturated carbocycles. The molecule has 28 heavy (non-hydrogen) atoms. The number of esters is 2. The van der Waals surface area contributed by atoms with Gasteiger partial charge in [0.25, 0.3) is 0 Å². The molecule has 0 amide bonds. The minimum absolute atomic E-state index is 0.201. The van der Waals surface area contributed by atoms with Gasteiger partial charge in [-0.15, -0.1) is 0 Å². The quantitative estimate of drug-likeness (QED) is 0.252. The van der Waals surface area contributed by atoms with E-state index in [4.69, 9.17) is 18.9 Å². The SMILES string of the molecule is COCCN(C)CCC(=O)OCCCCOC(=O)CCN(C)CCOC(C)C. The first-order chi connectivity index (χ1) is 13.3. The first-order valence-corrected chi connectivity index (χ1v) is 10.1. The summed E-state index contributed by atoms with van der Waals surface area (Å²) >= 11 is 0. The Bertz CT molecular complexity index is 406. The van der Waals surface area contributed by atoms with Gasteiger partial charge < -0.3 is 28.7 Å². The summed E-state index contributed by atoms with van der Waals surface area (Å²) in [5.41, 5.74) is 0. The van der Waals surface area contributed by atoms with Crippen molar-refractivity contribution in [2.45, 2.75) is 45.6 Å². The van der Waals surface area contributed by atoms with Crippen molar-refractivity contribution in [2.24, 2.45) is 0 Å². The smallest absolute Gasteiger partial charge is 0.307 e. The number of carbonyl (C=O) groups excluding carboxylic acids is 2. The fourth-order valence-corrected chi connectivity index (χ4v) is 2.20. The van der Waals surface area contributed by atoms with E-state index in [-0.39, 0.29) is 18.0 Å². The summed E-state index contributed by atoms with van der Waals surface area (Å²) in [6, 6.07) is 0. The van der Waals surface area contributed by atoms with Crippen LogP contribution in [0.5, 0.6) is 0 Å². The number of likely N-dealkylation sites (N-methyl/N-ethyl adjacent to an activating group) is 2. The third kappa shape index (κ3) is 18.2. The van der Waals surface area contributed by atoms with Gasteiger partial charge in [-0.2, -0.15) is 0 Å². The molecular weight excluding hydrogens is 364 g/mol. The van der Waals surface area contributed by atoms with E-state index in [2.05, 4.69) is 4.90 Å². The molecule has 0 aromatic rings. The molecule has 0 spiro atoms. The summed E-state index contributed by atoms with van der Waals surface area (Å²) in [6.45, 7) is 8.90. The lowest BCUT2D eigenvalue weighted by molar-refractivity contribution is -0.146. The molecule has 0 radical (unpaired) electrons. The summed E-state index contributed by atoms with van der Waals surface area (Å²) in [5, 5.41) is 0. The second-order valence-electron chi connectivity index (χ2n) is 7.17. The van der Waals surface area contributed by atoms with E-state index in [0.29, 0.717) is 65.2 Å². The Balaban J connectivity index is 3.51. The Morgan fingerprint density at radius 2 is 1.21 bits per heavy atom. The number of rotatable bonds is 18. The zero-order valence-corrected chi connectivity index (χ0v) is 18.4. The monoisotopic (exact) mass is 404 g/mol. The van der Waals surface area contributed by atoms with Gasteiger partial charge in [-0.1, -0.05) is 0 Å². The van der Waals surface area contributed by atoms with Gasteiger partial charge in [0.05, 0.1) is 45.4 Å². The number of hydrogen-bond donors (Lipinski definition) is 0. The van der Waals surface area contributed by atoms with Crippen LogP contribution in [0.2, 0.25) is 0 Å². The summed E-state index contributed by atoms with van der Waals surface area (Å²) in [7, 11) is 5.56. The van der Waals surface area contributed by atoms with Crippen LogP contribution < -0.4 is 0 Å². The molecule has 0 aliphatic rings. The van der Waals surface area contributed by atoms with Gasteiger partial charge >= 0.3 is 11.9 Å². The first kappa shape index (κ1) is 26.8. The highest BCUT2D eigenvalue weighted by Gasteiger charge is 2.08. The summed E-state index contributed by atoms with van der Waals surface area (Å²) in [5.74, 6) is -0.404. The number of nitrogens with zero attached hydrogens (tertiary/aromatic N) is 2. The Hall–Kier alpha value is -1.22. The molecule has 0 saturated heterocycles. The average Bonchev–Trinajstić information content (AvgIpc) is 2.65. The Kier molecular flexibility index (Phi) is 17.1. The van der Waals surface area contributed by atoms with E-state index < -0.39 is 0 Å². The normalized spacial score (nSPS) is 11.4. The molecular formula is C20H40N2O6. The van der Waals surface area contributed by atoms with Gasteiger partial charge in [0.1, 0.15) is 0 Å². The van der Waals surface area contributed by atoms with Crippen LogP contribution in [0.1, 0.15) is 39.5 Å². The van der Waals surface area contributed by atoms with Crippen molar-refractivity contribution in [2.75, 3.05) is 73.8 Å². The molecule has 8 heteroatoms. The van der Waals surface area contributed by atoms with Crippen molar-refractivity contribution in [1.29, 1.82) is 0 Å². The zero-order valence-electron chi connectivity index (χ0n) is 18.4. The Morgan fingerprint density at radius 3 is 1.64 bits per heavy atom. The van der Waals surface area contributed by atoms with Crippen LogP contribution in [-0.4, -0.2) is 102 Å². The van der Waals surface area contributed by atoms with E-state index in [1.165, 1.54) is 0 Å². The Morgan fingerprint density at radius 1 is 0.750 bits per heavy atom. The fraction of sp³-hybridized carbons (Fsp3) is 0.900. The third-order valence-electron chi connectivity index (χ3n) is 4.06. The van der Waals surface area contributed by atoms with Crippen LogP contribution >= 0.6 is 0 Å². The molecule has 0 N–H and O–H groups in total. The van der Waals surface area contributed by atoms with E-state index in [9.17, 15) is 9.59 Å². The van der Waals surface area contributed by atoms with Gasteiger partial charge in [0.15, 0.2) is 0 Å². The minimum atomic E-state index is -0.203. The lowest BCUT2D eigenvalue weighted by Gasteiger charge is -2.17. The van der Waals surface area contributed by atoms with Gasteiger partial charge in [-0.3, -0.25) is 9.59 Å². The minimum Gasteiger partial charge on any atom is -0.466 e. The topological polar surface area (TPSA) is 77.5 Å². The Labute approximate surface area is 170 Å². The van der Waals surface area contributed by atoms with Crippen molar-refractivity contribution in [3.05, 3.63) is 0 Å². The number of unbranched alkanes of at least 4 members (excludes halogenated alkanes) is 1. The van der Waals surface area contributed by atoms with E-state index in [1.807, 2.05) is 32.8 Å². The maximum Gasteiger partial charge on any atom is 0.307 e. The second-order valence-corrected chi connectivity index (χ2v) is 7.17. The van der Waals surface area contributed by atoms with E-state index in [0.717, 1.165) is 13.1 Å². The first-order valence-electron chi connectivity index (χ1n) is 10.1. The molecule has 0 aromatic carbocycles. The van der Waals surface area contributed by atoms with Gasteiger partial charge in [-0.25, -0.2) is 0 Å². The van der Waals surface area contributed by atoms with Crippen molar-refractivity contribution in [3.63, 3.8) is 0 Å². The average molecular weight is 405 g/mol. The van der Waals surface area contributed by atoms with Gasteiger partial charge in [0.2, 0.25) is 0 Å². The third-order valence-corrected chi connectivity index (χ3v) is 4.06. The molecule has 0 atom stereocenters. The maximum atomic E-state index is 11.7. The largest absolute Gasteiger partial charge is 0.466 e. The highest BCUT2D eigenvalue weighted by Crippen LogP contribution is 1.98. The molecule has 0 unspecified atom stereocenters. The number of hydrogen-bond acceptors (Lipinski definition) is 8. The van der Waals surface area contributed by atoms with Gasteiger partial charge in [0, 0.05) is 33.3 Å². The summed E-state index contributed by atoms with van der Waals surface area (Å²) in [6.07, 6.45) is 2.32. The predicted octanol–water partition coefficient (Wildman–Crippen LogP) is 1.57. The lowest BCUT2D eigenvalue weighted by atomic mass is 10.3. The molecule has 0 heterocycles. The van der Waals surface area contributed by atoms with Crippen LogP contribution in [0.4, 0.5) is 0 Å². The molecule has 0 rings (SSSR count). The number of ether oxygens (including phenoxy) is 4. The van der Waals surface area contributed by atoms with E-state index >= 15 is 0 Å². The van der Waals surface area contributed by atoms with Crippen molar-refractivity contribution < 1.29 is 28.5 Å². The fourth-order valence-electron chi connectivity index (χ4n) is 2.20. The van der Waals surface area contributed by atoms with Crippen LogP contribution in [0, 0.1) is 0 Å². The zero-order chi connectivity index (χ0) is 21.2. The van der Waals surface area contributed by atoms with Crippen LogP contribution in [0.15, 0.2) is 0 Å². The van der Waals surface area contributed by atoms with Crippen molar-refractivity contribution in [3.8, 4) is 0 Å². The molecule has 0 fully saturated rings. The second kappa shape index (κ2) is 17.8. The molecule has 0 bridgehead atoms. The van der Waals surface area contributed by atoms with Crippen LogP contribution in [-0.2, 0) is 28.5 Å². The maximum absolute atomic E-state index is 11.7. The molecule has 0 aromatic heterocycles. The molecule has 0 aliphatic carbocycles. The summed E-state index contributed by atoms with van der Waals surface area (Å²) < 4.78 is 20.9. The lowest BCUT2D eigenvalue weighted by Crippen LogP contribution is -2.27. The number of methoxy groups -OCH3 is 1. The molecule has 8 nitrogen and oxygen atoms in total. The predicted molar refractivity (Wildman–Crippen MR) is 108 cm³/mol. The van der Waals surface area contributed by atoms with Crippen LogP contribution in [0.25, 0.3) is 0 Å². The van der Waals surface area contributed by atoms with Crippen molar-refractivity contribution in [1.82, 2.24) is 9.80 Å². The highest BCUT2D eigenvalue weighted by molar-refractivity contribution is 5.69. The summed E-state index contributed by atoms with van der Waals surface area (Å²) in [4.78, 5) is 27.4. The van der Waals surface area contributed by atoms with Gasteiger partial charge in [-0.05, 0) is 40.8 Å². The standard InChI is InChI=1S/C20H40N2O6/c1-18(2)26-17-13-22(4)11-9-20(24)28-15-7-6-14-27-19(23)8-10-21(3)12-16-25-5/h18H,6-17H2,1-5H3. The van der Waals surface area contributed by atoms with E-state index in [1.54, 1.807) is 7.11 Å².